The van der Waals surface area contributed by atoms with Crippen LogP contribution < -0.4 is 10.1 Å². The van der Waals surface area contributed by atoms with E-state index in [9.17, 15) is 14.0 Å². The van der Waals surface area contributed by atoms with Crippen LogP contribution in [0.1, 0.15) is 29.6 Å². The van der Waals surface area contributed by atoms with E-state index >= 15 is 0 Å². The van der Waals surface area contributed by atoms with Gasteiger partial charge in [-0.1, -0.05) is 18.2 Å². The summed E-state index contributed by atoms with van der Waals surface area (Å²) < 4.78 is 18.5. The Labute approximate surface area is 158 Å². The molecule has 0 bridgehead atoms. The van der Waals surface area contributed by atoms with Gasteiger partial charge in [-0.3, -0.25) is 9.59 Å². The van der Waals surface area contributed by atoms with Gasteiger partial charge in [-0.25, -0.2) is 4.39 Å². The highest BCUT2D eigenvalue weighted by molar-refractivity contribution is 5.94. The smallest absolute Gasteiger partial charge is 0.251 e. The average molecular weight is 370 g/mol. The summed E-state index contributed by atoms with van der Waals surface area (Å²) in [5, 5.41) is 2.95. The van der Waals surface area contributed by atoms with Crippen molar-refractivity contribution in [1.29, 1.82) is 0 Å². The molecule has 3 rings (SSSR count). The maximum Gasteiger partial charge on any atom is 0.251 e. The van der Waals surface area contributed by atoms with E-state index < -0.39 is 0 Å². The third kappa shape index (κ3) is 5.54. The molecule has 5 nitrogen and oxygen atoms in total. The molecule has 0 aromatic heterocycles. The van der Waals surface area contributed by atoms with E-state index in [-0.39, 0.29) is 23.7 Å². The fourth-order valence-corrected chi connectivity index (χ4v) is 3.07. The Hall–Kier alpha value is -2.89. The van der Waals surface area contributed by atoms with E-state index in [1.165, 1.54) is 24.3 Å². The van der Waals surface area contributed by atoms with E-state index in [1.807, 2.05) is 35.2 Å². The summed E-state index contributed by atoms with van der Waals surface area (Å²) in [6.45, 7) is 1.57. The van der Waals surface area contributed by atoms with Crippen LogP contribution in [-0.2, 0) is 4.79 Å². The van der Waals surface area contributed by atoms with Crippen LogP contribution in [0.2, 0.25) is 0 Å². The first-order chi connectivity index (χ1) is 13.1. The van der Waals surface area contributed by atoms with Crippen LogP contribution >= 0.6 is 0 Å². The summed E-state index contributed by atoms with van der Waals surface area (Å²) in [4.78, 5) is 26.3. The van der Waals surface area contributed by atoms with Crippen molar-refractivity contribution in [1.82, 2.24) is 10.2 Å². The van der Waals surface area contributed by atoms with E-state index in [4.69, 9.17) is 4.74 Å². The maximum atomic E-state index is 12.9. The van der Waals surface area contributed by atoms with Gasteiger partial charge in [0.15, 0.2) is 0 Å². The number of amides is 2. The number of carbonyl (C=O) groups excluding carboxylic acids is 2. The lowest BCUT2D eigenvalue weighted by Crippen LogP contribution is -2.46. The van der Waals surface area contributed by atoms with Gasteiger partial charge in [-0.15, -0.1) is 0 Å². The molecule has 0 radical (unpaired) electrons. The van der Waals surface area contributed by atoms with Gasteiger partial charge >= 0.3 is 0 Å². The highest BCUT2D eigenvalue weighted by Crippen LogP contribution is 2.14. The molecule has 1 saturated heterocycles. The third-order valence-electron chi connectivity index (χ3n) is 4.62. The summed E-state index contributed by atoms with van der Waals surface area (Å²) in [5.74, 6) is 0.243. The van der Waals surface area contributed by atoms with Crippen molar-refractivity contribution in [3.05, 3.63) is 66.0 Å². The number of halogens is 1. The molecule has 0 saturated carbocycles. The van der Waals surface area contributed by atoms with Gasteiger partial charge in [0.25, 0.3) is 5.91 Å². The number of para-hydroxylation sites is 1. The van der Waals surface area contributed by atoms with Gasteiger partial charge in [0.05, 0.1) is 13.0 Å². The Balaban J connectivity index is 1.38. The van der Waals surface area contributed by atoms with E-state index in [0.717, 1.165) is 5.75 Å². The maximum absolute atomic E-state index is 12.9. The highest BCUT2D eigenvalue weighted by atomic mass is 19.1. The first-order valence-corrected chi connectivity index (χ1v) is 9.14. The zero-order chi connectivity index (χ0) is 19.1. The predicted molar refractivity (Wildman–Crippen MR) is 100 cm³/mol. The monoisotopic (exact) mass is 370 g/mol. The lowest BCUT2D eigenvalue weighted by molar-refractivity contribution is -0.132. The van der Waals surface area contributed by atoms with Crippen molar-refractivity contribution < 1.29 is 18.7 Å². The SMILES string of the molecule is O=C(NC1CCN(C(=O)CCOc2ccccc2)CC1)c1ccc(F)cc1. The molecular formula is C21H23FN2O3. The van der Waals surface area contributed by atoms with Crippen LogP contribution in [0.15, 0.2) is 54.6 Å². The number of ether oxygens (including phenoxy) is 1. The summed E-state index contributed by atoms with van der Waals surface area (Å²) in [6.07, 6.45) is 1.75. The zero-order valence-electron chi connectivity index (χ0n) is 15.1. The minimum absolute atomic E-state index is 0.0205. The molecule has 0 unspecified atom stereocenters. The van der Waals surface area contributed by atoms with Crippen molar-refractivity contribution >= 4 is 11.8 Å². The van der Waals surface area contributed by atoms with Crippen LogP contribution in [-0.4, -0.2) is 42.5 Å². The highest BCUT2D eigenvalue weighted by Gasteiger charge is 2.24. The summed E-state index contributed by atoms with van der Waals surface area (Å²) in [6, 6.07) is 14.9. The number of carbonyl (C=O) groups is 2. The van der Waals surface area contributed by atoms with E-state index in [1.54, 1.807) is 0 Å². The molecule has 1 aliphatic rings. The van der Waals surface area contributed by atoms with Crippen LogP contribution in [0.25, 0.3) is 0 Å². The second-order valence-electron chi connectivity index (χ2n) is 6.55. The topological polar surface area (TPSA) is 58.6 Å². The molecular weight excluding hydrogens is 347 g/mol. The molecule has 2 aromatic carbocycles. The number of likely N-dealkylation sites (tertiary alicyclic amines) is 1. The minimum atomic E-state index is -0.366. The van der Waals surface area contributed by atoms with Gasteiger partial charge in [-0.05, 0) is 49.2 Å². The lowest BCUT2D eigenvalue weighted by atomic mass is 10.0. The minimum Gasteiger partial charge on any atom is -0.493 e. The lowest BCUT2D eigenvalue weighted by Gasteiger charge is -2.32. The van der Waals surface area contributed by atoms with Gasteiger partial charge in [0.2, 0.25) is 5.91 Å². The summed E-state index contributed by atoms with van der Waals surface area (Å²) >= 11 is 0. The fourth-order valence-electron chi connectivity index (χ4n) is 3.07. The zero-order valence-corrected chi connectivity index (χ0v) is 15.1. The molecule has 6 heteroatoms. The predicted octanol–water partition coefficient (Wildman–Crippen LogP) is 3.02. The second-order valence-corrected chi connectivity index (χ2v) is 6.55. The summed E-state index contributed by atoms with van der Waals surface area (Å²) in [7, 11) is 0. The number of nitrogens with zero attached hydrogens (tertiary/aromatic N) is 1. The molecule has 1 heterocycles. The Bertz CT molecular complexity index is 757. The Morgan fingerprint density at radius 2 is 1.70 bits per heavy atom. The van der Waals surface area contributed by atoms with Crippen LogP contribution in [0.3, 0.4) is 0 Å². The number of piperidine rings is 1. The second kappa shape index (κ2) is 9.16. The molecule has 142 valence electrons. The average Bonchev–Trinajstić information content (AvgIpc) is 2.70. The van der Waals surface area contributed by atoms with Crippen molar-refractivity contribution in [3.8, 4) is 5.75 Å². The van der Waals surface area contributed by atoms with Crippen LogP contribution in [0.5, 0.6) is 5.75 Å². The number of rotatable bonds is 6. The van der Waals surface area contributed by atoms with Gasteiger partial charge in [0.1, 0.15) is 11.6 Å². The normalized spacial score (nSPS) is 14.6. The molecule has 0 spiro atoms. The fraction of sp³-hybridized carbons (Fsp3) is 0.333. The van der Waals surface area contributed by atoms with Crippen LogP contribution in [0.4, 0.5) is 4.39 Å². The standard InChI is InChI=1S/C21H23FN2O3/c22-17-8-6-16(7-9-17)21(26)23-18-10-13-24(14-11-18)20(25)12-15-27-19-4-2-1-3-5-19/h1-9,18H,10-15H2,(H,23,26). The molecule has 1 N–H and O–H groups in total. The molecule has 0 aliphatic carbocycles. The number of hydrogen-bond donors (Lipinski definition) is 1. The summed E-state index contributed by atoms with van der Waals surface area (Å²) in [5.41, 5.74) is 0.438. The van der Waals surface area contributed by atoms with Gasteiger partial charge < -0.3 is 15.0 Å². The Kier molecular flexibility index (Phi) is 6.41. The van der Waals surface area contributed by atoms with Crippen LogP contribution in [0, 0.1) is 5.82 Å². The van der Waals surface area contributed by atoms with E-state index in [0.29, 0.717) is 44.5 Å². The number of nitrogens with one attached hydrogen (secondary N) is 1. The molecule has 1 aliphatic heterocycles. The van der Waals surface area contributed by atoms with Crippen molar-refractivity contribution in [3.63, 3.8) is 0 Å². The molecule has 1 fully saturated rings. The van der Waals surface area contributed by atoms with Crippen molar-refractivity contribution in [2.24, 2.45) is 0 Å². The molecule has 0 atom stereocenters. The molecule has 2 amide bonds. The number of hydrogen-bond acceptors (Lipinski definition) is 3. The van der Waals surface area contributed by atoms with E-state index in [2.05, 4.69) is 5.32 Å². The number of benzene rings is 2. The quantitative estimate of drug-likeness (QED) is 0.850. The Morgan fingerprint density at radius 3 is 2.37 bits per heavy atom. The first-order valence-electron chi connectivity index (χ1n) is 9.14. The van der Waals surface area contributed by atoms with Gasteiger partial charge in [0, 0.05) is 24.7 Å². The largest absolute Gasteiger partial charge is 0.493 e. The third-order valence-corrected chi connectivity index (χ3v) is 4.62. The first kappa shape index (κ1) is 18.9. The van der Waals surface area contributed by atoms with Gasteiger partial charge in [-0.2, -0.15) is 0 Å². The molecule has 2 aromatic rings. The van der Waals surface area contributed by atoms with Crippen molar-refractivity contribution in [2.75, 3.05) is 19.7 Å². The molecule has 27 heavy (non-hydrogen) atoms. The van der Waals surface area contributed by atoms with Crippen molar-refractivity contribution in [2.45, 2.75) is 25.3 Å². The Morgan fingerprint density at radius 1 is 1.04 bits per heavy atom.